The molecule has 0 spiro atoms. The summed E-state index contributed by atoms with van der Waals surface area (Å²) in [5.41, 5.74) is 3.59. The van der Waals surface area contributed by atoms with Gasteiger partial charge < -0.3 is 20.1 Å². The van der Waals surface area contributed by atoms with Crippen molar-refractivity contribution in [3.8, 4) is 16.9 Å². The highest BCUT2D eigenvalue weighted by Crippen LogP contribution is 2.31. The van der Waals surface area contributed by atoms with Crippen molar-refractivity contribution in [3.05, 3.63) is 84.1 Å². The highest BCUT2D eigenvalue weighted by molar-refractivity contribution is 7.89. The molecule has 35 heavy (non-hydrogen) atoms. The third-order valence-electron chi connectivity index (χ3n) is 5.82. The molecule has 4 N–H and O–H groups in total. The van der Waals surface area contributed by atoms with Crippen molar-refractivity contribution in [2.45, 2.75) is 17.4 Å². The van der Waals surface area contributed by atoms with Gasteiger partial charge in [-0.1, -0.05) is 36.4 Å². The van der Waals surface area contributed by atoms with Crippen molar-refractivity contribution < 1.29 is 23.1 Å². The second kappa shape index (κ2) is 10.3. The second-order valence-corrected chi connectivity index (χ2v) is 9.77. The zero-order valence-electron chi connectivity index (χ0n) is 19.4. The number of amides is 1. The smallest absolute Gasteiger partial charge is 0.251 e. The van der Waals surface area contributed by atoms with Crippen LogP contribution in [-0.4, -0.2) is 51.2 Å². The number of rotatable bonds is 9. The molecular formula is C26H27N3O5S. The summed E-state index contributed by atoms with van der Waals surface area (Å²) in [5.74, 6) is -0.0644. The van der Waals surface area contributed by atoms with E-state index in [9.17, 15) is 18.3 Å². The van der Waals surface area contributed by atoms with Gasteiger partial charge in [-0.2, -0.15) is 0 Å². The molecule has 0 radical (unpaired) electrons. The highest BCUT2D eigenvalue weighted by Gasteiger charge is 2.25. The lowest BCUT2D eigenvalue weighted by Crippen LogP contribution is -2.39. The Bertz CT molecular complexity index is 1460. The fourth-order valence-electron chi connectivity index (χ4n) is 4.04. The standard InChI is InChI=1S/C26H27N3O5S/c1-27-26(31)19-7-5-6-17(12-19)18-10-11-24(34-2)25(14-18)35(32,33)29-21(16-30)13-20-15-28-23-9-4-3-8-22(20)23/h3-12,14-15,21,28-30H,13,16H2,1-2H3,(H,27,31)/t21-/m1/s1. The number of aliphatic hydroxyl groups is 1. The van der Waals surface area contributed by atoms with Gasteiger partial charge >= 0.3 is 0 Å². The number of hydrogen-bond acceptors (Lipinski definition) is 5. The first-order valence-corrected chi connectivity index (χ1v) is 12.5. The third kappa shape index (κ3) is 5.22. The van der Waals surface area contributed by atoms with Crippen LogP contribution in [0.25, 0.3) is 22.0 Å². The molecule has 8 nitrogen and oxygen atoms in total. The Balaban J connectivity index is 1.65. The molecule has 0 bridgehead atoms. The summed E-state index contributed by atoms with van der Waals surface area (Å²) in [6.45, 7) is -0.380. The van der Waals surface area contributed by atoms with Gasteiger partial charge in [0.05, 0.1) is 13.7 Å². The van der Waals surface area contributed by atoms with Gasteiger partial charge in [-0.15, -0.1) is 0 Å². The Morgan fingerprint density at radius 2 is 1.83 bits per heavy atom. The molecule has 1 amide bonds. The van der Waals surface area contributed by atoms with Crippen LogP contribution in [0.4, 0.5) is 0 Å². The summed E-state index contributed by atoms with van der Waals surface area (Å²) in [7, 11) is -1.11. The van der Waals surface area contributed by atoms with E-state index in [1.807, 2.05) is 30.5 Å². The topological polar surface area (TPSA) is 121 Å². The summed E-state index contributed by atoms with van der Waals surface area (Å²) in [5, 5.41) is 13.5. The van der Waals surface area contributed by atoms with Crippen molar-refractivity contribution in [2.75, 3.05) is 20.8 Å². The van der Waals surface area contributed by atoms with Gasteiger partial charge in [0.1, 0.15) is 10.6 Å². The SMILES string of the molecule is CNC(=O)c1cccc(-c2ccc(OC)c(S(=O)(=O)N[C@@H](CO)Cc3c[nH]c4ccccc34)c2)c1. The van der Waals surface area contributed by atoms with Crippen LogP contribution < -0.4 is 14.8 Å². The number of aromatic nitrogens is 1. The van der Waals surface area contributed by atoms with Crippen LogP contribution >= 0.6 is 0 Å². The molecule has 0 fully saturated rings. The monoisotopic (exact) mass is 493 g/mol. The Morgan fingerprint density at radius 3 is 2.57 bits per heavy atom. The average Bonchev–Trinajstić information content (AvgIpc) is 3.30. The molecule has 1 heterocycles. The zero-order chi connectivity index (χ0) is 25.0. The number of aromatic amines is 1. The number of carbonyl (C=O) groups is 1. The predicted octanol–water partition coefficient (Wildman–Crippen LogP) is 3.09. The number of hydrogen-bond donors (Lipinski definition) is 4. The van der Waals surface area contributed by atoms with E-state index in [4.69, 9.17) is 4.74 Å². The van der Waals surface area contributed by atoms with Crippen LogP contribution in [0.15, 0.2) is 77.8 Å². The second-order valence-electron chi connectivity index (χ2n) is 8.09. The van der Waals surface area contributed by atoms with Crippen LogP contribution in [-0.2, 0) is 16.4 Å². The first-order valence-electron chi connectivity index (χ1n) is 11.0. The van der Waals surface area contributed by atoms with Gasteiger partial charge in [0.15, 0.2) is 0 Å². The largest absolute Gasteiger partial charge is 0.495 e. The number of carbonyl (C=O) groups excluding carboxylic acids is 1. The van der Waals surface area contributed by atoms with Crippen molar-refractivity contribution in [1.29, 1.82) is 0 Å². The van der Waals surface area contributed by atoms with Gasteiger partial charge in [-0.25, -0.2) is 13.1 Å². The zero-order valence-corrected chi connectivity index (χ0v) is 20.2. The minimum Gasteiger partial charge on any atom is -0.495 e. The molecule has 182 valence electrons. The van der Waals surface area contributed by atoms with Crippen LogP contribution in [0.2, 0.25) is 0 Å². The highest BCUT2D eigenvalue weighted by atomic mass is 32.2. The number of fused-ring (bicyclic) bond motifs is 1. The lowest BCUT2D eigenvalue weighted by atomic mass is 10.0. The quantitative estimate of drug-likeness (QED) is 0.286. The number of methoxy groups -OCH3 is 1. The van der Waals surface area contributed by atoms with E-state index in [0.717, 1.165) is 16.5 Å². The number of aliphatic hydroxyl groups excluding tert-OH is 1. The minimum absolute atomic E-state index is 0.0553. The number of para-hydroxylation sites is 1. The van der Waals surface area contributed by atoms with Crippen molar-refractivity contribution in [3.63, 3.8) is 0 Å². The molecule has 9 heteroatoms. The van der Waals surface area contributed by atoms with E-state index < -0.39 is 16.1 Å². The molecule has 1 atom stereocenters. The van der Waals surface area contributed by atoms with Crippen LogP contribution in [0.1, 0.15) is 15.9 Å². The molecule has 0 unspecified atom stereocenters. The van der Waals surface area contributed by atoms with Crippen LogP contribution in [0.3, 0.4) is 0 Å². The van der Waals surface area contributed by atoms with E-state index in [0.29, 0.717) is 23.1 Å². The number of ether oxygens (including phenoxy) is 1. The molecule has 3 aromatic carbocycles. The van der Waals surface area contributed by atoms with E-state index >= 15 is 0 Å². The maximum atomic E-state index is 13.4. The Kier molecular flexibility index (Phi) is 7.20. The Labute approximate surface area is 204 Å². The molecule has 0 aliphatic heterocycles. The summed E-state index contributed by atoms with van der Waals surface area (Å²) in [4.78, 5) is 15.1. The number of benzene rings is 3. The Hall–Kier alpha value is -3.66. The summed E-state index contributed by atoms with van der Waals surface area (Å²) < 4.78 is 34.8. The van der Waals surface area contributed by atoms with Gasteiger partial charge in [0.2, 0.25) is 10.0 Å². The molecule has 1 aromatic heterocycles. The van der Waals surface area contributed by atoms with Crippen molar-refractivity contribution in [2.24, 2.45) is 0 Å². The minimum atomic E-state index is -4.06. The predicted molar refractivity (Wildman–Crippen MR) is 135 cm³/mol. The lowest BCUT2D eigenvalue weighted by molar-refractivity contribution is 0.0963. The van der Waals surface area contributed by atoms with Gasteiger partial charge in [-0.05, 0) is 53.4 Å². The maximum Gasteiger partial charge on any atom is 0.251 e. The molecule has 0 saturated carbocycles. The van der Waals surface area contributed by atoms with Gasteiger partial charge in [0, 0.05) is 35.8 Å². The first-order chi connectivity index (χ1) is 16.9. The Morgan fingerprint density at radius 1 is 1.06 bits per heavy atom. The number of nitrogens with one attached hydrogen (secondary N) is 3. The summed E-state index contributed by atoms with van der Waals surface area (Å²) in [6, 6.07) is 18.7. The number of sulfonamides is 1. The van der Waals surface area contributed by atoms with Gasteiger partial charge in [-0.3, -0.25) is 4.79 Å². The van der Waals surface area contributed by atoms with E-state index in [2.05, 4.69) is 15.0 Å². The number of H-pyrrole nitrogens is 1. The third-order valence-corrected chi connectivity index (χ3v) is 7.36. The molecule has 0 aliphatic rings. The fourth-order valence-corrected chi connectivity index (χ4v) is 5.46. The normalized spacial score (nSPS) is 12.4. The molecular weight excluding hydrogens is 466 g/mol. The van der Waals surface area contributed by atoms with Crippen LogP contribution in [0, 0.1) is 0 Å². The molecule has 0 saturated heterocycles. The average molecular weight is 494 g/mol. The molecule has 4 rings (SSSR count). The first kappa shape index (κ1) is 24.5. The maximum absolute atomic E-state index is 13.4. The molecule has 0 aliphatic carbocycles. The van der Waals surface area contributed by atoms with Crippen molar-refractivity contribution >= 4 is 26.8 Å². The summed E-state index contributed by atoms with van der Waals surface area (Å²) >= 11 is 0. The summed E-state index contributed by atoms with van der Waals surface area (Å²) in [6.07, 6.45) is 2.12. The lowest BCUT2D eigenvalue weighted by Gasteiger charge is -2.18. The van der Waals surface area contributed by atoms with Crippen LogP contribution in [0.5, 0.6) is 5.75 Å². The van der Waals surface area contributed by atoms with E-state index in [1.165, 1.54) is 13.2 Å². The van der Waals surface area contributed by atoms with E-state index in [1.54, 1.807) is 43.4 Å². The fraction of sp³-hybridized carbons (Fsp3) is 0.192. The van der Waals surface area contributed by atoms with Gasteiger partial charge in [0.25, 0.3) is 5.91 Å². The molecule has 4 aromatic rings. The van der Waals surface area contributed by atoms with Crippen molar-refractivity contribution in [1.82, 2.24) is 15.0 Å². The van der Waals surface area contributed by atoms with E-state index in [-0.39, 0.29) is 23.2 Å².